The Labute approximate surface area is 122 Å². The fraction of sp³-hybridized carbons (Fsp3) is 0.231. The predicted octanol–water partition coefficient (Wildman–Crippen LogP) is 5.62. The highest BCUT2D eigenvalue weighted by atomic mass is 79.9. The van der Waals surface area contributed by atoms with Crippen LogP contribution < -0.4 is 0 Å². The predicted molar refractivity (Wildman–Crippen MR) is 75.4 cm³/mol. The molecule has 0 radical (unpaired) electrons. The number of aryl methyl sites for hydroxylation is 1. The summed E-state index contributed by atoms with van der Waals surface area (Å²) in [4.78, 5) is 2.01. The molecule has 0 bridgehead atoms. The molecule has 96 valence electrons. The van der Waals surface area contributed by atoms with Gasteiger partial charge in [-0.15, -0.1) is 22.9 Å². The molecule has 18 heavy (non-hydrogen) atoms. The van der Waals surface area contributed by atoms with Gasteiger partial charge < -0.3 is 0 Å². The van der Waals surface area contributed by atoms with Gasteiger partial charge in [0.15, 0.2) is 0 Å². The van der Waals surface area contributed by atoms with Crippen molar-refractivity contribution in [3.63, 3.8) is 0 Å². The number of benzene rings is 1. The fourth-order valence-electron chi connectivity index (χ4n) is 1.64. The number of hydrogen-bond acceptors (Lipinski definition) is 1. The molecule has 0 aliphatic rings. The van der Waals surface area contributed by atoms with Crippen LogP contribution in [-0.4, -0.2) is 0 Å². The molecular weight excluding hydrogens is 342 g/mol. The van der Waals surface area contributed by atoms with E-state index in [1.54, 1.807) is 0 Å². The number of halogens is 4. The van der Waals surface area contributed by atoms with Crippen LogP contribution >= 0.6 is 38.9 Å². The second-order valence-corrected chi connectivity index (χ2v) is 6.59. The average molecular weight is 352 g/mol. The van der Waals surface area contributed by atoms with Gasteiger partial charge in [0, 0.05) is 19.8 Å². The van der Waals surface area contributed by atoms with Crippen LogP contribution in [0.3, 0.4) is 0 Å². The van der Waals surface area contributed by atoms with E-state index in [1.807, 2.05) is 13.0 Å². The Morgan fingerprint density at radius 1 is 1.33 bits per heavy atom. The van der Waals surface area contributed by atoms with E-state index >= 15 is 0 Å². The summed E-state index contributed by atoms with van der Waals surface area (Å²) in [5.74, 6) is -1.10. The van der Waals surface area contributed by atoms with Crippen LogP contribution in [0.15, 0.2) is 28.7 Å². The standard InChI is InChI=1S/C13H10BrClF2S/c1-7-9(14)6-13(18-7)10(15)5-8-11(16)3-2-4-12(8)17/h2-4,6,10H,5H2,1H3. The average Bonchev–Trinajstić information content (AvgIpc) is 2.64. The van der Waals surface area contributed by atoms with E-state index in [2.05, 4.69) is 15.9 Å². The molecule has 5 heteroatoms. The summed E-state index contributed by atoms with van der Waals surface area (Å²) in [6.07, 6.45) is 0.145. The Hall–Kier alpha value is -0.450. The van der Waals surface area contributed by atoms with E-state index in [9.17, 15) is 8.78 Å². The molecule has 1 heterocycles. The van der Waals surface area contributed by atoms with Crippen molar-refractivity contribution in [1.82, 2.24) is 0 Å². The van der Waals surface area contributed by atoms with Crippen molar-refractivity contribution in [3.05, 3.63) is 55.7 Å². The summed E-state index contributed by atoms with van der Waals surface area (Å²) < 4.78 is 28.0. The second-order valence-electron chi connectivity index (χ2n) is 3.92. The van der Waals surface area contributed by atoms with Crippen LogP contribution in [-0.2, 0) is 6.42 Å². The molecule has 0 aliphatic heterocycles. The van der Waals surface area contributed by atoms with Crippen molar-refractivity contribution in [1.29, 1.82) is 0 Å². The topological polar surface area (TPSA) is 0 Å². The van der Waals surface area contributed by atoms with Gasteiger partial charge in [0.05, 0.1) is 5.38 Å². The molecule has 1 atom stereocenters. The van der Waals surface area contributed by atoms with Gasteiger partial charge in [0.25, 0.3) is 0 Å². The molecule has 1 aromatic carbocycles. The third-order valence-electron chi connectivity index (χ3n) is 2.63. The van der Waals surface area contributed by atoms with Crippen LogP contribution in [0.25, 0.3) is 0 Å². The molecule has 0 saturated carbocycles. The summed E-state index contributed by atoms with van der Waals surface area (Å²) in [5.41, 5.74) is 0.0414. The van der Waals surface area contributed by atoms with E-state index < -0.39 is 17.0 Å². The zero-order valence-electron chi connectivity index (χ0n) is 9.51. The quantitative estimate of drug-likeness (QED) is 0.630. The molecule has 0 nitrogen and oxygen atoms in total. The van der Waals surface area contributed by atoms with Gasteiger partial charge >= 0.3 is 0 Å². The van der Waals surface area contributed by atoms with Crippen molar-refractivity contribution in [3.8, 4) is 0 Å². The maximum atomic E-state index is 13.5. The molecule has 0 aliphatic carbocycles. The van der Waals surface area contributed by atoms with Gasteiger partial charge in [-0.1, -0.05) is 6.07 Å². The largest absolute Gasteiger partial charge is 0.207 e. The number of rotatable bonds is 3. The van der Waals surface area contributed by atoms with Gasteiger partial charge in [0.1, 0.15) is 11.6 Å². The number of thiophene rings is 1. The van der Waals surface area contributed by atoms with Crippen LogP contribution in [0.4, 0.5) is 8.78 Å². The Bertz CT molecular complexity index is 528. The highest BCUT2D eigenvalue weighted by Gasteiger charge is 2.17. The van der Waals surface area contributed by atoms with E-state index in [1.165, 1.54) is 29.5 Å². The fourth-order valence-corrected chi connectivity index (χ4v) is 3.53. The molecule has 0 N–H and O–H groups in total. The van der Waals surface area contributed by atoms with Crippen LogP contribution in [0.2, 0.25) is 0 Å². The SMILES string of the molecule is Cc1sc(C(Cl)Cc2c(F)cccc2F)cc1Br. The molecule has 0 fully saturated rings. The Balaban J connectivity index is 2.23. The highest BCUT2D eigenvalue weighted by molar-refractivity contribution is 9.10. The molecule has 0 amide bonds. The summed E-state index contributed by atoms with van der Waals surface area (Å²) in [6.45, 7) is 1.96. The van der Waals surface area contributed by atoms with Gasteiger partial charge in [-0.2, -0.15) is 0 Å². The van der Waals surface area contributed by atoms with Crippen molar-refractivity contribution in [2.75, 3.05) is 0 Å². The first-order chi connectivity index (χ1) is 8.49. The van der Waals surface area contributed by atoms with Crippen molar-refractivity contribution in [2.24, 2.45) is 0 Å². The number of hydrogen-bond donors (Lipinski definition) is 0. The lowest BCUT2D eigenvalue weighted by Crippen LogP contribution is -2.00. The monoisotopic (exact) mass is 350 g/mol. The van der Waals surface area contributed by atoms with E-state index in [0.717, 1.165) is 14.2 Å². The molecule has 2 rings (SSSR count). The maximum absolute atomic E-state index is 13.5. The smallest absolute Gasteiger partial charge is 0.129 e. The maximum Gasteiger partial charge on any atom is 0.129 e. The molecule has 0 saturated heterocycles. The first kappa shape index (κ1) is 14.0. The Morgan fingerprint density at radius 2 is 1.94 bits per heavy atom. The molecule has 1 unspecified atom stereocenters. The van der Waals surface area contributed by atoms with E-state index in [4.69, 9.17) is 11.6 Å². The lowest BCUT2D eigenvalue weighted by molar-refractivity contribution is 0.553. The first-order valence-corrected chi connectivity index (χ1v) is 7.36. The minimum Gasteiger partial charge on any atom is -0.207 e. The van der Waals surface area contributed by atoms with Gasteiger partial charge in [-0.25, -0.2) is 8.78 Å². The van der Waals surface area contributed by atoms with E-state index in [-0.39, 0.29) is 12.0 Å². The zero-order chi connectivity index (χ0) is 13.3. The second kappa shape index (κ2) is 5.68. The van der Waals surface area contributed by atoms with Gasteiger partial charge in [-0.3, -0.25) is 0 Å². The van der Waals surface area contributed by atoms with Crippen molar-refractivity contribution in [2.45, 2.75) is 18.7 Å². The molecular formula is C13H10BrClF2S. The zero-order valence-corrected chi connectivity index (χ0v) is 12.7. The van der Waals surface area contributed by atoms with Crippen molar-refractivity contribution < 1.29 is 8.78 Å². The van der Waals surface area contributed by atoms with Crippen LogP contribution in [0.5, 0.6) is 0 Å². The van der Waals surface area contributed by atoms with Crippen molar-refractivity contribution >= 4 is 38.9 Å². The lowest BCUT2D eigenvalue weighted by atomic mass is 10.1. The summed E-state index contributed by atoms with van der Waals surface area (Å²) in [7, 11) is 0. The highest BCUT2D eigenvalue weighted by Crippen LogP contribution is 2.36. The normalized spacial score (nSPS) is 12.7. The molecule has 2 aromatic rings. The van der Waals surface area contributed by atoms with Crippen LogP contribution in [0, 0.1) is 18.6 Å². The molecule has 1 aromatic heterocycles. The lowest BCUT2D eigenvalue weighted by Gasteiger charge is -2.09. The summed E-state index contributed by atoms with van der Waals surface area (Å²) >= 11 is 11.2. The van der Waals surface area contributed by atoms with Crippen LogP contribution in [0.1, 0.15) is 20.7 Å². The minimum absolute atomic E-state index is 0.0414. The number of alkyl halides is 1. The summed E-state index contributed by atoms with van der Waals surface area (Å²) in [5, 5.41) is -0.425. The minimum atomic E-state index is -0.548. The third kappa shape index (κ3) is 2.92. The molecule has 0 spiro atoms. The van der Waals surface area contributed by atoms with E-state index in [0.29, 0.717) is 0 Å². The first-order valence-electron chi connectivity index (χ1n) is 5.32. The Kier molecular flexibility index (Phi) is 4.41. The van der Waals surface area contributed by atoms with Gasteiger partial charge in [0.2, 0.25) is 0 Å². The third-order valence-corrected chi connectivity index (χ3v) is 5.40. The Morgan fingerprint density at radius 3 is 2.44 bits per heavy atom. The van der Waals surface area contributed by atoms with Gasteiger partial charge in [-0.05, 0) is 47.5 Å². The summed E-state index contributed by atoms with van der Waals surface area (Å²) in [6, 6.07) is 5.74.